The van der Waals surface area contributed by atoms with Crippen molar-refractivity contribution in [2.45, 2.75) is 20.3 Å². The maximum absolute atomic E-state index is 6.14. The van der Waals surface area contributed by atoms with Crippen LogP contribution in [0.15, 0.2) is 48.5 Å². The van der Waals surface area contributed by atoms with E-state index >= 15 is 0 Å². The summed E-state index contributed by atoms with van der Waals surface area (Å²) in [6, 6.07) is 16.7. The van der Waals surface area contributed by atoms with Crippen molar-refractivity contribution in [3.63, 3.8) is 0 Å². The summed E-state index contributed by atoms with van der Waals surface area (Å²) in [6.45, 7) is 3.92. The molecule has 1 aromatic heterocycles. The minimum Gasteiger partial charge on any atom is -0.383 e. The number of anilines is 1. The summed E-state index contributed by atoms with van der Waals surface area (Å²) in [5, 5.41) is 1.12. The highest BCUT2D eigenvalue weighted by molar-refractivity contribution is 5.87. The first-order valence-corrected chi connectivity index (χ1v) is 7.34. The highest BCUT2D eigenvalue weighted by Crippen LogP contribution is 2.27. The molecule has 2 nitrogen and oxygen atoms in total. The molecule has 0 fully saturated rings. The zero-order valence-corrected chi connectivity index (χ0v) is 12.9. The van der Waals surface area contributed by atoms with E-state index in [4.69, 9.17) is 5.73 Å². The van der Waals surface area contributed by atoms with Gasteiger partial charge in [0.05, 0.1) is 11.1 Å². The van der Waals surface area contributed by atoms with E-state index in [0.29, 0.717) is 5.82 Å². The number of aryl methyl sites for hydroxylation is 1. The third-order valence-corrected chi connectivity index (χ3v) is 3.78. The molecule has 0 aliphatic rings. The SMILES string of the molecule is CC#Cc1c(N)nc2ccccc2c1Cc1ccc(C)cc1. The van der Waals surface area contributed by atoms with E-state index in [2.05, 4.69) is 54.1 Å². The lowest BCUT2D eigenvalue weighted by molar-refractivity contribution is 1.18. The highest BCUT2D eigenvalue weighted by atomic mass is 14.8. The van der Waals surface area contributed by atoms with Crippen LogP contribution < -0.4 is 5.73 Å². The van der Waals surface area contributed by atoms with E-state index in [1.165, 1.54) is 11.1 Å². The second-order valence-electron chi connectivity index (χ2n) is 5.41. The molecule has 0 atom stereocenters. The molecule has 0 aliphatic carbocycles. The zero-order valence-electron chi connectivity index (χ0n) is 12.9. The number of nitrogens with zero attached hydrogens (tertiary/aromatic N) is 1. The molecule has 0 radical (unpaired) electrons. The van der Waals surface area contributed by atoms with Crippen LogP contribution in [0.25, 0.3) is 10.9 Å². The van der Waals surface area contributed by atoms with Gasteiger partial charge in [-0.2, -0.15) is 0 Å². The van der Waals surface area contributed by atoms with E-state index in [9.17, 15) is 0 Å². The van der Waals surface area contributed by atoms with Gasteiger partial charge in [0.1, 0.15) is 5.82 Å². The van der Waals surface area contributed by atoms with E-state index in [1.807, 2.05) is 25.1 Å². The van der Waals surface area contributed by atoms with E-state index in [-0.39, 0.29) is 0 Å². The van der Waals surface area contributed by atoms with Crippen LogP contribution in [-0.4, -0.2) is 4.98 Å². The molecular weight excluding hydrogens is 268 g/mol. The summed E-state index contributed by atoms with van der Waals surface area (Å²) in [7, 11) is 0. The Morgan fingerprint density at radius 3 is 2.50 bits per heavy atom. The molecule has 3 aromatic rings. The van der Waals surface area contributed by atoms with Crippen molar-refractivity contribution < 1.29 is 0 Å². The van der Waals surface area contributed by atoms with Crippen molar-refractivity contribution in [2.75, 3.05) is 5.73 Å². The molecule has 1 heterocycles. The Hall–Kier alpha value is -2.79. The summed E-state index contributed by atoms with van der Waals surface area (Å²) in [6.07, 6.45) is 0.803. The van der Waals surface area contributed by atoms with Gasteiger partial charge in [-0.05, 0) is 37.5 Å². The van der Waals surface area contributed by atoms with Crippen LogP contribution in [0.4, 0.5) is 5.82 Å². The van der Waals surface area contributed by atoms with Crippen LogP contribution in [0.3, 0.4) is 0 Å². The first-order chi connectivity index (χ1) is 10.7. The molecule has 22 heavy (non-hydrogen) atoms. The fourth-order valence-electron chi connectivity index (χ4n) is 2.66. The molecule has 2 aromatic carbocycles. The van der Waals surface area contributed by atoms with Gasteiger partial charge in [0.15, 0.2) is 0 Å². The summed E-state index contributed by atoms with van der Waals surface area (Å²) in [5.41, 5.74) is 11.6. The van der Waals surface area contributed by atoms with Gasteiger partial charge in [-0.25, -0.2) is 4.98 Å². The lowest BCUT2D eigenvalue weighted by Crippen LogP contribution is -2.02. The predicted octanol–water partition coefficient (Wildman–Crippen LogP) is 4.09. The minimum absolute atomic E-state index is 0.509. The Morgan fingerprint density at radius 2 is 1.77 bits per heavy atom. The van der Waals surface area contributed by atoms with Crippen LogP contribution >= 0.6 is 0 Å². The van der Waals surface area contributed by atoms with Crippen molar-refractivity contribution in [1.82, 2.24) is 4.98 Å². The molecule has 0 saturated heterocycles. The van der Waals surface area contributed by atoms with Crippen LogP contribution in [-0.2, 0) is 6.42 Å². The average molecular weight is 286 g/mol. The van der Waals surface area contributed by atoms with Crippen molar-refractivity contribution in [3.8, 4) is 11.8 Å². The Bertz CT molecular complexity index is 881. The molecule has 0 amide bonds. The largest absolute Gasteiger partial charge is 0.383 e. The number of aromatic nitrogens is 1. The number of nitrogen functional groups attached to an aromatic ring is 1. The highest BCUT2D eigenvalue weighted by Gasteiger charge is 2.12. The number of hydrogen-bond acceptors (Lipinski definition) is 2. The number of hydrogen-bond donors (Lipinski definition) is 1. The van der Waals surface area contributed by atoms with Gasteiger partial charge in [-0.1, -0.05) is 53.9 Å². The first-order valence-electron chi connectivity index (χ1n) is 7.34. The van der Waals surface area contributed by atoms with Crippen LogP contribution in [0, 0.1) is 18.8 Å². The van der Waals surface area contributed by atoms with Crippen molar-refractivity contribution in [2.24, 2.45) is 0 Å². The number of nitrogens with two attached hydrogens (primary N) is 1. The third kappa shape index (κ3) is 2.66. The van der Waals surface area contributed by atoms with Gasteiger partial charge in [-0.3, -0.25) is 0 Å². The van der Waals surface area contributed by atoms with Gasteiger partial charge in [-0.15, -0.1) is 5.92 Å². The number of benzene rings is 2. The molecule has 108 valence electrons. The molecule has 0 unspecified atom stereocenters. The minimum atomic E-state index is 0.509. The lowest BCUT2D eigenvalue weighted by Gasteiger charge is -2.12. The average Bonchev–Trinajstić information content (AvgIpc) is 2.52. The zero-order chi connectivity index (χ0) is 15.5. The van der Waals surface area contributed by atoms with Crippen LogP contribution in [0.5, 0.6) is 0 Å². The van der Waals surface area contributed by atoms with Gasteiger partial charge in [0, 0.05) is 5.39 Å². The van der Waals surface area contributed by atoms with E-state index in [0.717, 1.165) is 28.5 Å². The fourth-order valence-corrected chi connectivity index (χ4v) is 2.66. The van der Waals surface area contributed by atoms with Crippen LogP contribution in [0.1, 0.15) is 29.2 Å². The Morgan fingerprint density at radius 1 is 1.05 bits per heavy atom. The molecule has 3 rings (SSSR count). The molecule has 0 saturated carbocycles. The number of fused-ring (bicyclic) bond motifs is 1. The smallest absolute Gasteiger partial charge is 0.140 e. The predicted molar refractivity (Wildman–Crippen MR) is 92.7 cm³/mol. The maximum atomic E-state index is 6.14. The summed E-state index contributed by atoms with van der Waals surface area (Å²) < 4.78 is 0. The monoisotopic (exact) mass is 286 g/mol. The first kappa shape index (κ1) is 14.2. The number of pyridine rings is 1. The standard InChI is InChI=1S/C20H18N2/c1-3-6-17-18(13-15-11-9-14(2)10-12-15)16-7-4-5-8-19(16)22-20(17)21/h4-5,7-12H,13H2,1-2H3,(H2,21,22). The van der Waals surface area contributed by atoms with Gasteiger partial charge >= 0.3 is 0 Å². The number of rotatable bonds is 2. The second-order valence-corrected chi connectivity index (χ2v) is 5.41. The third-order valence-electron chi connectivity index (χ3n) is 3.78. The normalized spacial score (nSPS) is 10.3. The molecular formula is C20H18N2. The van der Waals surface area contributed by atoms with Crippen molar-refractivity contribution in [1.29, 1.82) is 0 Å². The lowest BCUT2D eigenvalue weighted by atomic mass is 9.95. The second kappa shape index (κ2) is 5.91. The van der Waals surface area contributed by atoms with Gasteiger partial charge < -0.3 is 5.73 Å². The van der Waals surface area contributed by atoms with E-state index < -0.39 is 0 Å². The molecule has 2 N–H and O–H groups in total. The summed E-state index contributed by atoms with van der Waals surface area (Å²) in [5.74, 6) is 6.59. The Kier molecular flexibility index (Phi) is 3.80. The topological polar surface area (TPSA) is 38.9 Å². The van der Waals surface area contributed by atoms with Crippen molar-refractivity contribution in [3.05, 3.63) is 70.8 Å². The summed E-state index contributed by atoms with van der Waals surface area (Å²) >= 11 is 0. The van der Waals surface area contributed by atoms with E-state index in [1.54, 1.807) is 0 Å². The Labute approximate surface area is 131 Å². The van der Waals surface area contributed by atoms with Crippen LogP contribution in [0.2, 0.25) is 0 Å². The fraction of sp³-hybridized carbons (Fsp3) is 0.150. The Balaban J connectivity index is 2.21. The van der Waals surface area contributed by atoms with Gasteiger partial charge in [0.2, 0.25) is 0 Å². The van der Waals surface area contributed by atoms with Gasteiger partial charge in [0.25, 0.3) is 0 Å². The molecule has 2 heteroatoms. The summed E-state index contributed by atoms with van der Waals surface area (Å²) in [4.78, 5) is 4.49. The quantitative estimate of drug-likeness (QED) is 0.721. The molecule has 0 spiro atoms. The van der Waals surface area contributed by atoms with Crippen molar-refractivity contribution >= 4 is 16.7 Å². The molecule has 0 aliphatic heterocycles. The molecule has 0 bridgehead atoms. The number of para-hydroxylation sites is 1. The maximum Gasteiger partial charge on any atom is 0.140 e.